The number of carbonyl (C=O) groups excluding carboxylic acids is 1. The Kier molecular flexibility index (Phi) is 24.9. The molecule has 8 nitrogen and oxygen atoms in total. The maximum atomic E-state index is 11.8. The average molecular weight is 1280 g/mol. The third-order valence-corrected chi connectivity index (χ3v) is 37.8. The summed E-state index contributed by atoms with van der Waals surface area (Å²) in [5.41, 5.74) is 4.90. The maximum absolute atomic E-state index is 11.8. The van der Waals surface area contributed by atoms with Crippen LogP contribution < -0.4 is 18.9 Å². The summed E-state index contributed by atoms with van der Waals surface area (Å²) in [4.78, 5) is 11.6. The standard InChI is InChI=1S/C40H72O4Si.C28H48O2Si.C11H21O2.Li/c1-26(2)28(22-36-42-24-38(7,8)25-43-36)21-35(41)27(3)32-15-16-33-31-14-13-29-23-30(44-45(11,12)37(4,5)6)17-19-39(29,9)34(31)18-20-40(32,33)10;1-19(18-29)23-11-12-24-22-10-9-20-17-21(30-31(7,8)26(2,3)4)13-15-27(20,5)25(22)14-16-28(23,24)6;1-8(2)9(3)6-10-12-7-11(4,5)13-10;/h13,26-28,30-36,41H,14-25H2,1-12H3;9,18-19,21-25H,10-17H2,1-8H3;8-10H,3,6-7H2,1-2,4-5H3;/q;;-1;+1/t27?,28?,30-,31?,32+,33?,34?,35?,39-,40+;19?,21-,22?,23+,24?,25?,27-,28+;;/m00../s1. The van der Waals surface area contributed by atoms with Gasteiger partial charge in [-0.1, -0.05) is 154 Å². The minimum Gasteiger partial charge on any atom is -0.414 e. The van der Waals surface area contributed by atoms with Gasteiger partial charge in [-0.2, -0.15) is 5.92 Å². The molecule has 0 amide bonds. The van der Waals surface area contributed by atoms with Gasteiger partial charge in [0.2, 0.25) is 0 Å². The van der Waals surface area contributed by atoms with E-state index in [-0.39, 0.29) is 64.6 Å². The normalized spacial score (nSPS) is 39.1. The van der Waals surface area contributed by atoms with Crippen molar-refractivity contribution in [2.75, 3.05) is 19.8 Å². The van der Waals surface area contributed by atoms with E-state index in [1.165, 1.54) is 103 Å². The van der Waals surface area contributed by atoms with E-state index >= 15 is 0 Å². The van der Waals surface area contributed by atoms with Crippen LogP contribution in [0.25, 0.3) is 0 Å². The molecule has 11 heteroatoms. The first-order valence-corrected chi connectivity index (χ1v) is 43.1. The molecular formula is C79H141LiO8Si2. The second-order valence-electron chi connectivity index (χ2n) is 38.4. The summed E-state index contributed by atoms with van der Waals surface area (Å²) in [7, 11) is -3.47. The third kappa shape index (κ3) is 16.4. The SMILES string of the molecule is CC(C)C(CC1OCC(C)(C)CO1)CC(O)C(C)[C@H]1CCC2C3CC=C4C[C@@H](O[Si](C)(C)C(C)(C)C)CC[C@]4(C)C3CC[C@@]21C.CC(C=O)[C@H]1CCC2C3CC=C4C[C@@H](O[Si](C)(C)C(C)(C)C)CC[C@]4(C)C3CC[C@@]21C.[CH2-]C(CC1OCC(C)(C)O1)C(C)C.[Li+]. The third-order valence-electron chi connectivity index (χ3n) is 28.7. The quantitative estimate of drug-likeness (QED) is 0.0707. The summed E-state index contributed by atoms with van der Waals surface area (Å²) < 4.78 is 37.3. The molecule has 0 bridgehead atoms. The van der Waals surface area contributed by atoms with Gasteiger partial charge in [0.05, 0.1) is 31.5 Å². The molecule has 20 atom stereocenters. The second kappa shape index (κ2) is 29.0. The monoisotopic (exact) mass is 1280 g/mol. The molecule has 10 aliphatic rings. The van der Waals surface area contributed by atoms with E-state index in [0.717, 1.165) is 74.4 Å². The van der Waals surface area contributed by atoms with E-state index in [0.29, 0.717) is 81.9 Å². The molecule has 90 heavy (non-hydrogen) atoms. The Balaban J connectivity index is 0.000000220. The molecule has 0 radical (unpaired) electrons. The minimum atomic E-state index is -1.76. The van der Waals surface area contributed by atoms with Crippen molar-refractivity contribution in [2.24, 2.45) is 110 Å². The average Bonchev–Trinajstić information content (AvgIpc) is 1.52. The van der Waals surface area contributed by atoms with Gasteiger partial charge in [-0.25, -0.2) is 0 Å². The molecule has 1 N–H and O–H groups in total. The zero-order valence-corrected chi connectivity index (χ0v) is 65.3. The molecule has 0 aromatic rings. The Morgan fingerprint density at radius 3 is 1.46 bits per heavy atom. The van der Waals surface area contributed by atoms with Gasteiger partial charge in [-0.15, -0.1) is 0 Å². The topological polar surface area (TPSA) is 92.7 Å². The smallest absolute Gasteiger partial charge is 0.414 e. The van der Waals surface area contributed by atoms with Crippen LogP contribution >= 0.6 is 0 Å². The van der Waals surface area contributed by atoms with Gasteiger partial charge in [-0.05, 0) is 252 Å². The van der Waals surface area contributed by atoms with E-state index < -0.39 is 16.6 Å². The second-order valence-corrected chi connectivity index (χ2v) is 47.9. The summed E-state index contributed by atoms with van der Waals surface area (Å²) in [6.45, 7) is 62.6. The molecule has 0 spiro atoms. The van der Waals surface area contributed by atoms with Crippen LogP contribution in [0, 0.1) is 117 Å². The van der Waals surface area contributed by atoms with Crippen molar-refractivity contribution in [2.45, 2.75) is 333 Å². The van der Waals surface area contributed by atoms with Crippen molar-refractivity contribution in [3.05, 3.63) is 30.2 Å². The number of aliphatic hydroxyl groups is 1. The Morgan fingerprint density at radius 2 is 1.04 bits per heavy atom. The van der Waals surface area contributed by atoms with E-state index in [4.69, 9.17) is 27.8 Å². The number of rotatable bonds is 16. The molecule has 12 unspecified atom stereocenters. The summed E-state index contributed by atoms with van der Waals surface area (Å²) in [6, 6.07) is 0. The number of hydrogen-bond acceptors (Lipinski definition) is 8. The molecule has 2 heterocycles. The summed E-state index contributed by atoms with van der Waals surface area (Å²) in [5, 5.41) is 12.3. The number of hydrogen-bond donors (Lipinski definition) is 1. The summed E-state index contributed by atoms with van der Waals surface area (Å²) in [5.74, 6) is 8.58. The van der Waals surface area contributed by atoms with Crippen LogP contribution in [0.15, 0.2) is 23.3 Å². The first kappa shape index (κ1) is 77.3. The Labute approximate surface area is 569 Å². The molecule has 6 saturated carbocycles. The zero-order valence-electron chi connectivity index (χ0n) is 63.3. The van der Waals surface area contributed by atoms with Gasteiger partial charge in [0.15, 0.2) is 29.2 Å². The van der Waals surface area contributed by atoms with Crippen molar-refractivity contribution in [3.8, 4) is 0 Å². The molecule has 2 saturated heterocycles. The summed E-state index contributed by atoms with van der Waals surface area (Å²) in [6.07, 6.45) is 30.2. The van der Waals surface area contributed by atoms with E-state index in [9.17, 15) is 9.90 Å². The largest absolute Gasteiger partial charge is 1.00 e. The zero-order chi connectivity index (χ0) is 66.0. The Morgan fingerprint density at radius 1 is 0.600 bits per heavy atom. The molecular weight excluding hydrogens is 1140 g/mol. The van der Waals surface area contributed by atoms with Crippen LogP contribution in [0.5, 0.6) is 0 Å². The summed E-state index contributed by atoms with van der Waals surface area (Å²) >= 11 is 0. The van der Waals surface area contributed by atoms with Crippen LogP contribution in [0.2, 0.25) is 36.3 Å². The van der Waals surface area contributed by atoms with Gasteiger partial charge >= 0.3 is 18.9 Å². The van der Waals surface area contributed by atoms with Crippen LogP contribution in [0.4, 0.5) is 0 Å². The molecule has 514 valence electrons. The van der Waals surface area contributed by atoms with E-state index in [1.807, 2.05) is 0 Å². The molecule has 10 rings (SSSR count). The van der Waals surface area contributed by atoms with Crippen molar-refractivity contribution in [1.29, 1.82) is 0 Å². The predicted octanol–water partition coefficient (Wildman–Crippen LogP) is 17.8. The number of fused-ring (bicyclic) bond motifs is 10. The maximum Gasteiger partial charge on any atom is 1.00 e. The van der Waals surface area contributed by atoms with E-state index in [1.54, 1.807) is 11.1 Å². The predicted molar refractivity (Wildman–Crippen MR) is 375 cm³/mol. The fraction of sp³-hybridized carbons (Fsp3) is 0.924. The van der Waals surface area contributed by atoms with Gasteiger partial charge < -0.3 is 44.6 Å². The van der Waals surface area contributed by atoms with Crippen molar-refractivity contribution in [1.82, 2.24) is 0 Å². The van der Waals surface area contributed by atoms with Gasteiger partial charge in [0.25, 0.3) is 0 Å². The van der Waals surface area contributed by atoms with Crippen LogP contribution in [-0.2, 0) is 32.6 Å². The molecule has 0 aromatic carbocycles. The number of allylic oxidation sites excluding steroid dienone is 2. The number of aliphatic hydroxyl groups excluding tert-OH is 1. The molecule has 0 aromatic heterocycles. The number of ether oxygens (including phenoxy) is 4. The number of aldehydes is 1. The van der Waals surface area contributed by atoms with E-state index in [2.05, 4.69) is 184 Å². The Bertz CT molecular complexity index is 2410. The first-order valence-electron chi connectivity index (χ1n) is 37.2. The molecule has 2 aliphatic heterocycles. The molecule has 8 fully saturated rings. The van der Waals surface area contributed by atoms with Crippen molar-refractivity contribution in [3.63, 3.8) is 0 Å². The van der Waals surface area contributed by atoms with Gasteiger partial charge in [0.1, 0.15) is 6.29 Å². The van der Waals surface area contributed by atoms with Gasteiger partial charge in [-0.3, -0.25) is 0 Å². The van der Waals surface area contributed by atoms with Crippen LogP contribution in [-0.4, -0.2) is 84.3 Å². The van der Waals surface area contributed by atoms with Crippen LogP contribution in [0.3, 0.4) is 0 Å². The van der Waals surface area contributed by atoms with Crippen molar-refractivity contribution < 1.29 is 56.6 Å². The minimum absolute atomic E-state index is 0. The Hall–Kier alpha value is -0.0988. The fourth-order valence-corrected chi connectivity index (χ4v) is 23.2. The van der Waals surface area contributed by atoms with Crippen molar-refractivity contribution >= 4 is 22.9 Å². The fourth-order valence-electron chi connectivity index (χ4n) is 20.4. The van der Waals surface area contributed by atoms with Crippen LogP contribution in [0.1, 0.15) is 260 Å². The molecule has 8 aliphatic carbocycles. The number of carbonyl (C=O) groups is 1. The van der Waals surface area contributed by atoms with Gasteiger partial charge in [0, 0.05) is 30.0 Å². The first-order chi connectivity index (χ1) is 41.0.